The summed E-state index contributed by atoms with van der Waals surface area (Å²) in [6.45, 7) is -1.05. The molecule has 0 saturated carbocycles. The van der Waals surface area contributed by atoms with Crippen molar-refractivity contribution in [3.05, 3.63) is 29.8 Å². The Kier molecular flexibility index (Phi) is 6.15. The molecule has 114 valence electrons. The van der Waals surface area contributed by atoms with Crippen molar-refractivity contribution in [1.82, 2.24) is 5.32 Å². The van der Waals surface area contributed by atoms with Crippen LogP contribution < -0.4 is 15.8 Å². The number of primary amides is 1. The van der Waals surface area contributed by atoms with E-state index in [1.54, 1.807) is 12.1 Å². The summed E-state index contributed by atoms with van der Waals surface area (Å²) in [7, 11) is 1.14. The number of hydrogen-bond acceptors (Lipinski definition) is 6. The van der Waals surface area contributed by atoms with E-state index in [1.165, 1.54) is 12.1 Å². The maximum absolute atomic E-state index is 11.6. The van der Waals surface area contributed by atoms with Gasteiger partial charge < -0.3 is 25.6 Å². The van der Waals surface area contributed by atoms with E-state index in [2.05, 4.69) is 10.1 Å². The van der Waals surface area contributed by atoms with Crippen molar-refractivity contribution in [3.8, 4) is 5.75 Å². The molecule has 0 radical (unpaired) electrons. The number of rotatable bonds is 7. The number of aliphatic hydroxyl groups excluding tert-OH is 1. The molecular weight excluding hydrogens is 280 g/mol. The lowest BCUT2D eigenvalue weighted by Crippen LogP contribution is -2.45. The van der Waals surface area contributed by atoms with Crippen LogP contribution >= 0.6 is 0 Å². The fraction of sp³-hybridized carbons (Fsp3) is 0.308. The molecule has 1 atom stereocenters. The van der Waals surface area contributed by atoms with Crippen LogP contribution in [-0.4, -0.2) is 49.3 Å². The van der Waals surface area contributed by atoms with E-state index in [0.717, 1.165) is 7.11 Å². The van der Waals surface area contributed by atoms with Crippen molar-refractivity contribution >= 4 is 17.8 Å². The first-order valence-corrected chi connectivity index (χ1v) is 5.99. The Morgan fingerprint density at radius 2 is 2.00 bits per heavy atom. The lowest BCUT2D eigenvalue weighted by Gasteiger charge is -2.14. The third-order valence-corrected chi connectivity index (χ3v) is 2.51. The summed E-state index contributed by atoms with van der Waals surface area (Å²) >= 11 is 0. The molecule has 21 heavy (non-hydrogen) atoms. The van der Waals surface area contributed by atoms with Gasteiger partial charge in [-0.1, -0.05) is 12.1 Å². The Balaban J connectivity index is 2.61. The maximum atomic E-state index is 11.6. The summed E-state index contributed by atoms with van der Waals surface area (Å²) in [5.41, 5.74) is 5.30. The van der Waals surface area contributed by atoms with Crippen LogP contribution in [0.15, 0.2) is 24.3 Å². The summed E-state index contributed by atoms with van der Waals surface area (Å²) in [6.07, 6.45) is 0. The Labute approximate surface area is 120 Å². The largest absolute Gasteiger partial charge is 0.483 e. The number of carbonyl (C=O) groups excluding carboxylic acids is 3. The minimum atomic E-state index is -1.17. The summed E-state index contributed by atoms with van der Waals surface area (Å²) in [6, 6.07) is 4.99. The molecule has 0 aromatic heterocycles. The number of ether oxygens (including phenoxy) is 2. The van der Waals surface area contributed by atoms with Gasteiger partial charge in [0.05, 0.1) is 19.3 Å². The molecule has 0 bridgehead atoms. The number of nitrogens with two attached hydrogens (primary N) is 1. The van der Waals surface area contributed by atoms with Gasteiger partial charge in [0.1, 0.15) is 5.75 Å². The predicted molar refractivity (Wildman–Crippen MR) is 71.5 cm³/mol. The first-order chi connectivity index (χ1) is 9.99. The Bertz CT molecular complexity index is 531. The molecule has 0 fully saturated rings. The molecular formula is C13H16N2O6. The lowest BCUT2D eigenvalue weighted by molar-refractivity contribution is -0.146. The lowest BCUT2D eigenvalue weighted by atomic mass is 10.2. The Morgan fingerprint density at radius 1 is 1.33 bits per heavy atom. The van der Waals surface area contributed by atoms with Crippen LogP contribution in [0.4, 0.5) is 0 Å². The number of hydrogen-bond donors (Lipinski definition) is 3. The number of carbonyl (C=O) groups is 3. The van der Waals surface area contributed by atoms with Crippen LogP contribution in [0.5, 0.6) is 5.75 Å². The van der Waals surface area contributed by atoms with E-state index < -0.39 is 37.0 Å². The van der Waals surface area contributed by atoms with Gasteiger partial charge in [0.25, 0.3) is 11.8 Å². The monoisotopic (exact) mass is 296 g/mol. The number of benzene rings is 1. The van der Waals surface area contributed by atoms with E-state index in [-0.39, 0.29) is 11.3 Å². The van der Waals surface area contributed by atoms with E-state index in [1.807, 2.05) is 0 Å². The smallest absolute Gasteiger partial charge is 0.330 e. The van der Waals surface area contributed by atoms with Crippen LogP contribution in [0.3, 0.4) is 0 Å². The van der Waals surface area contributed by atoms with Crippen molar-refractivity contribution in [3.63, 3.8) is 0 Å². The van der Waals surface area contributed by atoms with Gasteiger partial charge in [-0.2, -0.15) is 0 Å². The molecule has 0 saturated heterocycles. The molecule has 4 N–H and O–H groups in total. The second kappa shape index (κ2) is 7.85. The van der Waals surface area contributed by atoms with Crippen molar-refractivity contribution in [2.45, 2.75) is 6.04 Å². The molecule has 8 heteroatoms. The summed E-state index contributed by atoms with van der Waals surface area (Å²) in [5.74, 6) is -1.96. The zero-order chi connectivity index (χ0) is 15.8. The molecule has 1 aromatic carbocycles. The molecule has 0 aliphatic heterocycles. The quantitative estimate of drug-likeness (QED) is 0.543. The van der Waals surface area contributed by atoms with Gasteiger partial charge in [-0.25, -0.2) is 4.79 Å². The number of amides is 2. The highest BCUT2D eigenvalue weighted by molar-refractivity contribution is 5.95. The molecule has 8 nitrogen and oxygen atoms in total. The van der Waals surface area contributed by atoms with Crippen LogP contribution in [-0.2, 0) is 14.3 Å². The van der Waals surface area contributed by atoms with Gasteiger partial charge in [0, 0.05) is 0 Å². The standard InChI is InChI=1S/C13H16N2O6/c1-20-13(19)9(6-16)15-11(17)7-21-10-5-3-2-4-8(10)12(14)18/h2-5,9,16H,6-7H2,1H3,(H2,14,18)(H,15,17)/t9-/m0/s1. The third-order valence-electron chi connectivity index (χ3n) is 2.51. The predicted octanol–water partition coefficient (Wildman–Crippen LogP) is -1.19. The van der Waals surface area contributed by atoms with Gasteiger partial charge in [0.15, 0.2) is 12.6 Å². The van der Waals surface area contributed by atoms with Crippen molar-refractivity contribution in [2.75, 3.05) is 20.3 Å². The zero-order valence-corrected chi connectivity index (χ0v) is 11.4. The SMILES string of the molecule is COC(=O)[C@H](CO)NC(=O)COc1ccccc1C(N)=O. The molecule has 1 rings (SSSR count). The minimum absolute atomic E-state index is 0.136. The van der Waals surface area contributed by atoms with E-state index in [9.17, 15) is 14.4 Å². The Morgan fingerprint density at radius 3 is 2.57 bits per heavy atom. The first kappa shape index (κ1) is 16.4. The van der Waals surface area contributed by atoms with Gasteiger partial charge in [-0.15, -0.1) is 0 Å². The summed E-state index contributed by atoms with van der Waals surface area (Å²) in [5, 5.41) is 11.2. The van der Waals surface area contributed by atoms with Gasteiger partial charge in [-0.3, -0.25) is 9.59 Å². The number of para-hydroxylation sites is 1. The van der Waals surface area contributed by atoms with E-state index in [4.69, 9.17) is 15.6 Å². The van der Waals surface area contributed by atoms with Crippen LogP contribution in [0.1, 0.15) is 10.4 Å². The number of aliphatic hydroxyl groups is 1. The van der Waals surface area contributed by atoms with Crippen LogP contribution in [0, 0.1) is 0 Å². The fourth-order valence-electron chi connectivity index (χ4n) is 1.50. The van der Waals surface area contributed by atoms with Gasteiger partial charge >= 0.3 is 5.97 Å². The average molecular weight is 296 g/mol. The van der Waals surface area contributed by atoms with Crippen molar-refractivity contribution in [1.29, 1.82) is 0 Å². The maximum Gasteiger partial charge on any atom is 0.330 e. The number of nitrogens with one attached hydrogen (secondary N) is 1. The minimum Gasteiger partial charge on any atom is -0.483 e. The summed E-state index contributed by atoms with van der Waals surface area (Å²) in [4.78, 5) is 34.0. The first-order valence-electron chi connectivity index (χ1n) is 5.99. The van der Waals surface area contributed by atoms with Crippen LogP contribution in [0.25, 0.3) is 0 Å². The van der Waals surface area contributed by atoms with Gasteiger partial charge in [0.2, 0.25) is 0 Å². The Hall–Kier alpha value is -2.61. The number of esters is 1. The highest BCUT2D eigenvalue weighted by Crippen LogP contribution is 2.16. The highest BCUT2D eigenvalue weighted by atomic mass is 16.5. The molecule has 1 aromatic rings. The summed E-state index contributed by atoms with van der Waals surface area (Å²) < 4.78 is 9.57. The second-order valence-electron chi connectivity index (χ2n) is 3.97. The average Bonchev–Trinajstić information content (AvgIpc) is 2.49. The van der Waals surface area contributed by atoms with Gasteiger partial charge in [-0.05, 0) is 12.1 Å². The van der Waals surface area contributed by atoms with Crippen molar-refractivity contribution < 1.29 is 29.0 Å². The second-order valence-corrected chi connectivity index (χ2v) is 3.97. The van der Waals surface area contributed by atoms with E-state index in [0.29, 0.717) is 0 Å². The molecule has 0 heterocycles. The normalized spacial score (nSPS) is 11.3. The fourth-order valence-corrected chi connectivity index (χ4v) is 1.50. The molecule has 0 spiro atoms. The number of methoxy groups -OCH3 is 1. The molecule has 0 aliphatic rings. The topological polar surface area (TPSA) is 128 Å². The van der Waals surface area contributed by atoms with Crippen molar-refractivity contribution in [2.24, 2.45) is 5.73 Å². The molecule has 2 amide bonds. The third kappa shape index (κ3) is 4.77. The zero-order valence-electron chi connectivity index (χ0n) is 11.4. The van der Waals surface area contributed by atoms with E-state index >= 15 is 0 Å². The molecule has 0 aliphatic carbocycles. The molecule has 0 unspecified atom stereocenters. The van der Waals surface area contributed by atoms with Crippen LogP contribution in [0.2, 0.25) is 0 Å². The highest BCUT2D eigenvalue weighted by Gasteiger charge is 2.20.